The fourth-order valence-electron chi connectivity index (χ4n) is 3.22. The summed E-state index contributed by atoms with van der Waals surface area (Å²) < 4.78 is 4.92. The van der Waals surface area contributed by atoms with Crippen LogP contribution in [-0.2, 0) is 0 Å². The van der Waals surface area contributed by atoms with Crippen LogP contribution in [0.3, 0.4) is 0 Å². The summed E-state index contributed by atoms with van der Waals surface area (Å²) in [6.07, 6.45) is 6.31. The van der Waals surface area contributed by atoms with Gasteiger partial charge in [0.05, 0.1) is 0 Å². The van der Waals surface area contributed by atoms with Gasteiger partial charge in [-0.2, -0.15) is 0 Å². The average molecular weight is 395 g/mol. The van der Waals surface area contributed by atoms with Crippen LogP contribution in [0, 0.1) is 0 Å². The van der Waals surface area contributed by atoms with Crippen molar-refractivity contribution in [3.05, 3.63) is 92.6 Å². The van der Waals surface area contributed by atoms with E-state index in [-0.39, 0.29) is 0 Å². The van der Waals surface area contributed by atoms with Crippen LogP contribution in [0.1, 0.15) is 0 Å². The summed E-state index contributed by atoms with van der Waals surface area (Å²) >= 11 is -2.64. The summed E-state index contributed by atoms with van der Waals surface area (Å²) in [5, 5.41) is 0. The minimum absolute atomic E-state index is 1.12. The molecule has 0 atom stereocenters. The van der Waals surface area contributed by atoms with Crippen molar-refractivity contribution in [2.75, 3.05) is 0 Å². The van der Waals surface area contributed by atoms with Crippen LogP contribution in [0.4, 0.5) is 0 Å². The molecule has 0 fully saturated rings. The second kappa shape index (κ2) is 8.19. The second-order valence-electron chi connectivity index (χ2n) is 5.67. The van der Waals surface area contributed by atoms with Crippen molar-refractivity contribution in [2.45, 2.75) is 13.3 Å². The van der Waals surface area contributed by atoms with Gasteiger partial charge in [0.1, 0.15) is 0 Å². The van der Waals surface area contributed by atoms with E-state index in [2.05, 4.69) is 92.6 Å². The quantitative estimate of drug-likeness (QED) is 0.405. The third-order valence-electron chi connectivity index (χ3n) is 4.19. The van der Waals surface area contributed by atoms with E-state index in [9.17, 15) is 0 Å². The van der Waals surface area contributed by atoms with Crippen molar-refractivity contribution >= 4 is 22.0 Å². The predicted molar refractivity (Wildman–Crippen MR) is 102 cm³/mol. The van der Waals surface area contributed by atoms with E-state index in [0.717, 1.165) is 13.3 Å². The Hall–Kier alpha value is -1.54. The molecule has 0 nitrogen and oxygen atoms in total. The molecule has 0 aliphatic heterocycles. The van der Waals surface area contributed by atoms with Gasteiger partial charge in [0.15, 0.2) is 0 Å². The van der Waals surface area contributed by atoms with E-state index < -0.39 is 18.4 Å². The van der Waals surface area contributed by atoms with E-state index in [1.54, 1.807) is 3.58 Å². The topological polar surface area (TPSA) is 0 Å². The molecule has 0 aliphatic rings. The third-order valence-corrected chi connectivity index (χ3v) is 17.9. The number of benzene rings is 2. The number of hydrogen-bond acceptors (Lipinski definition) is 0. The Morgan fingerprint density at radius 2 is 1.18 bits per heavy atom. The first-order valence-corrected chi connectivity index (χ1v) is 15.2. The molecule has 0 unspecified atom stereocenters. The van der Waals surface area contributed by atoms with Crippen LogP contribution >= 0.6 is 0 Å². The molecule has 2 aromatic rings. The van der Waals surface area contributed by atoms with Crippen LogP contribution in [0.5, 0.6) is 0 Å². The van der Waals surface area contributed by atoms with Crippen molar-refractivity contribution < 1.29 is 0 Å². The van der Waals surface area contributed by atoms with E-state index >= 15 is 0 Å². The predicted octanol–water partition coefficient (Wildman–Crippen LogP) is 5.57. The summed E-state index contributed by atoms with van der Waals surface area (Å²) in [5.41, 5.74) is 2.68. The summed E-state index contributed by atoms with van der Waals surface area (Å²) in [7, 11) is 0. The molecule has 0 spiro atoms. The Labute approximate surface area is 138 Å². The van der Waals surface area contributed by atoms with Gasteiger partial charge in [0.25, 0.3) is 0 Å². The molecule has 0 N–H and O–H groups in total. The molecule has 0 saturated heterocycles. The van der Waals surface area contributed by atoms with Gasteiger partial charge >= 0.3 is 139 Å². The van der Waals surface area contributed by atoms with Gasteiger partial charge < -0.3 is 0 Å². The van der Waals surface area contributed by atoms with Gasteiger partial charge in [-0.05, 0) is 0 Å². The molecule has 2 rings (SSSR count). The first-order chi connectivity index (χ1) is 10.8. The molecule has 0 heterocycles. The Balaban J connectivity index is 2.63. The Kier molecular flexibility index (Phi) is 6.26. The normalized spacial score (nSPS) is 10.9. The number of allylic oxidation sites excluding steroid dienone is 3. The molecule has 0 radical (unpaired) electrons. The van der Waals surface area contributed by atoms with E-state index in [4.69, 9.17) is 0 Å². The van der Waals surface area contributed by atoms with Crippen molar-refractivity contribution in [2.24, 2.45) is 0 Å². The van der Waals surface area contributed by atoms with Gasteiger partial charge in [-0.1, -0.05) is 0 Å². The van der Waals surface area contributed by atoms with Crippen LogP contribution in [-0.4, -0.2) is 18.4 Å². The average Bonchev–Trinajstić information content (AvgIpc) is 2.56. The Morgan fingerprint density at radius 1 is 0.682 bits per heavy atom. The van der Waals surface area contributed by atoms with E-state index in [1.165, 1.54) is 11.1 Å². The molecule has 0 aliphatic carbocycles. The Bertz CT molecular complexity index is 613. The van der Waals surface area contributed by atoms with E-state index in [1.807, 2.05) is 0 Å². The first kappa shape index (κ1) is 16.8. The Morgan fingerprint density at radius 3 is 1.73 bits per heavy atom. The fraction of sp³-hybridized carbons (Fsp3) is 0.143. The molecule has 1 heteroatoms. The van der Waals surface area contributed by atoms with Gasteiger partial charge in [-0.15, -0.1) is 0 Å². The molecule has 0 amide bonds. The first-order valence-electron chi connectivity index (χ1n) is 7.75. The summed E-state index contributed by atoms with van der Waals surface area (Å²) in [4.78, 5) is 0. The molecule has 112 valence electrons. The van der Waals surface area contributed by atoms with Crippen molar-refractivity contribution in [1.29, 1.82) is 0 Å². The van der Waals surface area contributed by atoms with Crippen LogP contribution in [0.15, 0.2) is 92.6 Å². The molecule has 22 heavy (non-hydrogen) atoms. The zero-order valence-corrected chi connectivity index (χ0v) is 16.0. The van der Waals surface area contributed by atoms with Gasteiger partial charge in [0.2, 0.25) is 0 Å². The standard InChI is InChI=1S/C12H9.3C3H5.Sn/c1-3-7-11(8-4-1)12-9-5-2-6-10-12;3*1-3-2;/h1-9H;3*3H,1-2H2;. The van der Waals surface area contributed by atoms with Crippen molar-refractivity contribution in [1.82, 2.24) is 0 Å². The molecule has 0 bridgehead atoms. The van der Waals surface area contributed by atoms with Gasteiger partial charge in [-0.3, -0.25) is 0 Å². The summed E-state index contributed by atoms with van der Waals surface area (Å²) in [6, 6.07) is 19.6. The molecular formula is C21H24Sn. The van der Waals surface area contributed by atoms with Gasteiger partial charge in [0, 0.05) is 0 Å². The molecule has 0 aromatic heterocycles. The summed E-state index contributed by atoms with van der Waals surface area (Å²) in [6.45, 7) is 12.1. The van der Waals surface area contributed by atoms with Crippen LogP contribution in [0.25, 0.3) is 11.1 Å². The van der Waals surface area contributed by atoms with Crippen LogP contribution in [0.2, 0.25) is 13.3 Å². The number of hydrogen-bond donors (Lipinski definition) is 0. The van der Waals surface area contributed by atoms with Crippen molar-refractivity contribution in [3.63, 3.8) is 0 Å². The maximum atomic E-state index is 4.02. The monoisotopic (exact) mass is 396 g/mol. The number of rotatable bonds is 8. The summed E-state index contributed by atoms with van der Waals surface area (Å²) in [5.74, 6) is 0. The van der Waals surface area contributed by atoms with Crippen molar-refractivity contribution in [3.8, 4) is 11.1 Å². The second-order valence-corrected chi connectivity index (χ2v) is 18.0. The molecule has 2 aromatic carbocycles. The zero-order valence-electron chi connectivity index (χ0n) is 13.2. The zero-order chi connectivity index (χ0) is 15.8. The van der Waals surface area contributed by atoms with Gasteiger partial charge in [-0.25, -0.2) is 0 Å². The molecular weight excluding hydrogens is 371 g/mol. The van der Waals surface area contributed by atoms with Crippen LogP contribution < -0.4 is 3.58 Å². The SMILES string of the molecule is C=C[CH2][Sn]([CH2]C=C)([CH2]C=C)[c]1ccccc1-c1ccccc1. The maximum absolute atomic E-state index is 4.02. The third kappa shape index (κ3) is 3.61. The fourth-order valence-corrected chi connectivity index (χ4v) is 14.8. The van der Waals surface area contributed by atoms with E-state index in [0.29, 0.717) is 0 Å². The molecule has 0 saturated carbocycles. The minimum atomic E-state index is -2.64.